The molecule has 2 atom stereocenters. The number of hydrazine groups is 1. The van der Waals surface area contributed by atoms with Crippen LogP contribution in [0, 0.1) is 6.92 Å². The Labute approximate surface area is 515 Å². The van der Waals surface area contributed by atoms with Gasteiger partial charge in [0.05, 0.1) is 119 Å². The maximum absolute atomic E-state index is 14.0. The fourth-order valence-electron chi connectivity index (χ4n) is 10.1. The van der Waals surface area contributed by atoms with E-state index in [1.807, 2.05) is 92.8 Å². The number of para-hydroxylation sites is 1. The van der Waals surface area contributed by atoms with Crippen LogP contribution in [0.3, 0.4) is 0 Å². The number of nitrogens with two attached hydrogens (primary N) is 2. The molecule has 0 bridgehead atoms. The van der Waals surface area contributed by atoms with Gasteiger partial charge < -0.3 is 63.8 Å². The lowest BCUT2D eigenvalue weighted by atomic mass is 9.95. The van der Waals surface area contributed by atoms with E-state index in [1.165, 1.54) is 17.8 Å². The van der Waals surface area contributed by atoms with Gasteiger partial charge in [0.15, 0.2) is 11.0 Å². The van der Waals surface area contributed by atoms with Crippen molar-refractivity contribution in [1.29, 1.82) is 0 Å². The second kappa shape index (κ2) is 33.5. The maximum atomic E-state index is 14.0. The van der Waals surface area contributed by atoms with Gasteiger partial charge in [-0.25, -0.2) is 15.4 Å². The van der Waals surface area contributed by atoms with Crippen molar-refractivity contribution in [3.8, 4) is 11.3 Å². The first kappa shape index (κ1) is 66.9. The summed E-state index contributed by atoms with van der Waals surface area (Å²) in [7, 11) is -0.883. The molecule has 26 heteroatoms. The molecule has 0 spiro atoms. The summed E-state index contributed by atoms with van der Waals surface area (Å²) in [6.45, 7) is 7.13. The Bertz CT molecular complexity index is 3460. The zero-order chi connectivity index (χ0) is 62.4. The molecule has 2 unspecified atom stereocenters. The van der Waals surface area contributed by atoms with Gasteiger partial charge in [-0.15, -0.1) is 11.8 Å². The maximum Gasteiger partial charge on any atom is 0.471 e. The normalized spacial score (nSPS) is 15.8. The number of nitrogens with zero attached hydrogens (tertiary/aromatic N) is 5. The molecule has 7 N–H and O–H groups in total. The van der Waals surface area contributed by atoms with Crippen molar-refractivity contribution in [2.45, 2.75) is 63.7 Å². The van der Waals surface area contributed by atoms with Crippen molar-refractivity contribution in [3.63, 3.8) is 0 Å². The third kappa shape index (κ3) is 18.8. The highest BCUT2D eigenvalue weighted by Gasteiger charge is 2.38. The highest BCUT2D eigenvalue weighted by Crippen LogP contribution is 2.42. The summed E-state index contributed by atoms with van der Waals surface area (Å²) >= 11 is 1.41. The van der Waals surface area contributed by atoms with Crippen molar-refractivity contribution in [2.75, 3.05) is 129 Å². The van der Waals surface area contributed by atoms with Crippen LogP contribution in [0.5, 0.6) is 0 Å². The van der Waals surface area contributed by atoms with Crippen molar-refractivity contribution in [1.82, 2.24) is 25.2 Å². The second-order valence-corrected chi connectivity index (χ2v) is 23.8. The highest BCUT2D eigenvalue weighted by molar-refractivity contribution is 8.00. The average Bonchev–Trinajstić information content (AvgIpc) is 1.74. The van der Waals surface area contributed by atoms with E-state index >= 15 is 0 Å². The van der Waals surface area contributed by atoms with Crippen molar-refractivity contribution in [3.05, 3.63) is 124 Å². The molecule has 8 rings (SSSR count). The molecule has 1 fully saturated rings. The standard InChI is InChI=1S/C62H80N9O15PS/c1-43-66-50-21-20-49-52(72)40-53(86-61(49)59(50)67-43)44-16-18-46(19-17-44)68(2)26-29-80-31-33-82-35-37-84-38-36-83-34-32-81-30-27-71(64)60-47-13-7-6-12-45(47)42-70(51-15-9-8-14-48(51)58(60)63)56(74)22-24-65-55(73)23-25-69-57(75)41-54(62(69)76)88-39-11-5-4-10-28-85-87(77,78)79-3/h6-9,12-21,40,54H,4-5,10-11,22-39,41-42,63-64H2,1-3H3,(H,65,73)(H,66,67)(H,77,78)/b60-58-. The Morgan fingerprint density at radius 2 is 1.47 bits per heavy atom. The lowest BCUT2D eigenvalue weighted by Gasteiger charge is -2.33. The molecule has 88 heavy (non-hydrogen) atoms. The first-order valence-electron chi connectivity index (χ1n) is 29.5. The van der Waals surface area contributed by atoms with Gasteiger partial charge in [0.25, 0.3) is 0 Å². The second-order valence-electron chi connectivity index (χ2n) is 21.0. The number of fused-ring (bicyclic) bond motifs is 5. The van der Waals surface area contributed by atoms with Crippen LogP contribution < -0.4 is 32.1 Å². The number of aromatic amines is 1. The number of aromatic nitrogens is 2. The molecule has 4 amide bonds. The summed E-state index contributed by atoms with van der Waals surface area (Å²) in [5.41, 5.74) is 14.3. The van der Waals surface area contributed by atoms with Gasteiger partial charge in [-0.2, -0.15) is 0 Å². The zero-order valence-electron chi connectivity index (χ0n) is 50.1. The van der Waals surface area contributed by atoms with E-state index in [1.54, 1.807) is 16.0 Å². The van der Waals surface area contributed by atoms with Gasteiger partial charge in [-0.05, 0) is 73.5 Å². The number of likely N-dealkylation sites (tertiary alicyclic amines) is 1. The number of carbonyl (C=O) groups is 4. The van der Waals surface area contributed by atoms with Crippen LogP contribution >= 0.6 is 19.6 Å². The molecule has 4 aromatic carbocycles. The van der Waals surface area contributed by atoms with E-state index in [4.69, 9.17) is 44.2 Å². The molecule has 2 aromatic heterocycles. The number of hydrogen-bond donors (Lipinski definition) is 5. The number of benzene rings is 4. The first-order chi connectivity index (χ1) is 42.6. The number of phosphoric ester groups is 1. The minimum absolute atomic E-state index is 0.0259. The Balaban J connectivity index is 0.666. The molecule has 2 aliphatic heterocycles. The van der Waals surface area contributed by atoms with Gasteiger partial charge in [-0.3, -0.25) is 37.9 Å². The number of carbonyl (C=O) groups excluding carboxylic acids is 4. The number of imidazole rings is 1. The summed E-state index contributed by atoms with van der Waals surface area (Å²) in [5.74, 6) is 7.37. The van der Waals surface area contributed by atoms with Crippen LogP contribution in [0.2, 0.25) is 0 Å². The third-order valence-electron chi connectivity index (χ3n) is 14.8. The van der Waals surface area contributed by atoms with E-state index in [0.29, 0.717) is 130 Å². The molecule has 2 aliphatic rings. The number of phosphoric acid groups is 1. The molecule has 474 valence electrons. The molecule has 4 heterocycles. The van der Waals surface area contributed by atoms with Crippen molar-refractivity contribution >= 4 is 88.0 Å². The Morgan fingerprint density at radius 1 is 0.818 bits per heavy atom. The summed E-state index contributed by atoms with van der Waals surface area (Å²) < 4.78 is 55.5. The highest BCUT2D eigenvalue weighted by atomic mass is 32.2. The fraction of sp³-hybridized carbons (Fsp3) is 0.452. The SMILES string of the molecule is COP(=O)(O)OCCCCCCSC1CC(=O)N(CCC(=O)NCCC(=O)N2Cc3ccccc3/C(N(N)CCOCCOCCOCCOCCOCCN(C)c3ccc(-c4cc(=O)c5ccc6[nH]c(C)nc6c5o4)cc3)=C(/N)c3ccccc32)C1=O. The summed E-state index contributed by atoms with van der Waals surface area (Å²) in [6.07, 6.45) is 2.91. The fourth-order valence-corrected chi connectivity index (χ4v) is 11.7. The smallest absolute Gasteiger partial charge is 0.453 e. The average molecular weight is 1250 g/mol. The van der Waals surface area contributed by atoms with Crippen LogP contribution in [-0.4, -0.2) is 172 Å². The molecule has 24 nitrogen and oxygen atoms in total. The van der Waals surface area contributed by atoms with E-state index in [0.717, 1.165) is 65.0 Å². The number of anilines is 2. The van der Waals surface area contributed by atoms with Crippen LogP contribution in [0.25, 0.3) is 44.7 Å². The Kier molecular flexibility index (Phi) is 25.5. The van der Waals surface area contributed by atoms with Gasteiger partial charge >= 0.3 is 7.82 Å². The van der Waals surface area contributed by atoms with Crippen LogP contribution in [-0.2, 0) is 63.0 Å². The predicted molar refractivity (Wildman–Crippen MR) is 337 cm³/mol. The summed E-state index contributed by atoms with van der Waals surface area (Å²) in [6, 6.07) is 27.9. The van der Waals surface area contributed by atoms with Crippen molar-refractivity contribution < 1.29 is 65.8 Å². The number of ether oxygens (including phenoxy) is 5. The van der Waals surface area contributed by atoms with E-state index in [-0.39, 0.29) is 75.3 Å². The topological polar surface area (TPSA) is 306 Å². The van der Waals surface area contributed by atoms with Gasteiger partial charge in [-0.1, -0.05) is 55.3 Å². The van der Waals surface area contributed by atoms with Gasteiger partial charge in [0.1, 0.15) is 17.1 Å². The Hall–Kier alpha value is -7.00. The molecule has 0 radical (unpaired) electrons. The zero-order valence-corrected chi connectivity index (χ0v) is 51.8. The molecular formula is C62H80N9O15PS. The number of likely N-dealkylation sites (N-methyl/N-ethyl adjacent to an activating group) is 1. The minimum Gasteiger partial charge on any atom is -0.453 e. The monoisotopic (exact) mass is 1250 g/mol. The number of nitrogens with one attached hydrogen (secondary N) is 2. The number of H-pyrrole nitrogens is 1. The van der Waals surface area contributed by atoms with E-state index in [2.05, 4.69) is 24.7 Å². The number of rotatable bonds is 37. The number of aryl methyl sites for hydroxylation is 1. The Morgan fingerprint density at radius 3 is 2.17 bits per heavy atom. The molecular weight excluding hydrogens is 1170 g/mol. The number of imide groups is 1. The summed E-state index contributed by atoms with van der Waals surface area (Å²) in [5, 5.41) is 4.33. The van der Waals surface area contributed by atoms with Gasteiger partial charge in [0.2, 0.25) is 23.6 Å². The van der Waals surface area contributed by atoms with Crippen LogP contribution in [0.15, 0.2) is 100 Å². The summed E-state index contributed by atoms with van der Waals surface area (Å²) in [4.78, 5) is 87.7. The lowest BCUT2D eigenvalue weighted by Crippen LogP contribution is -2.39. The van der Waals surface area contributed by atoms with Gasteiger partial charge in [0, 0.05) is 81.5 Å². The predicted octanol–water partition coefficient (Wildman–Crippen LogP) is 6.75. The molecule has 0 aliphatic carbocycles. The molecule has 6 aromatic rings. The van der Waals surface area contributed by atoms with E-state index < -0.39 is 19.0 Å². The largest absolute Gasteiger partial charge is 0.471 e. The lowest BCUT2D eigenvalue weighted by molar-refractivity contribution is -0.138. The van der Waals surface area contributed by atoms with Crippen molar-refractivity contribution in [2.24, 2.45) is 11.6 Å². The number of unbranched alkanes of at least 4 members (excludes halogenated alkanes) is 3. The van der Waals surface area contributed by atoms with Crippen LogP contribution in [0.4, 0.5) is 11.4 Å². The first-order valence-corrected chi connectivity index (χ1v) is 32.1. The van der Waals surface area contributed by atoms with Crippen LogP contribution in [0.1, 0.15) is 67.5 Å². The number of hydrogen-bond acceptors (Lipinski definition) is 20. The molecule has 1 saturated heterocycles. The van der Waals surface area contributed by atoms with E-state index in [9.17, 15) is 33.4 Å². The molecule has 0 saturated carbocycles. The number of thioether (sulfide) groups is 1. The number of amides is 4. The quantitative estimate of drug-likeness (QED) is 0.00885. The minimum atomic E-state index is -3.98. The third-order valence-corrected chi connectivity index (χ3v) is 17.1.